The molecule has 0 amide bonds. The fourth-order valence-electron chi connectivity index (χ4n) is 6.14. The van der Waals surface area contributed by atoms with Gasteiger partial charge < -0.3 is 18.9 Å². The smallest absolute Gasteiger partial charge is 0.457 e. The molecule has 0 aromatic heterocycles. The lowest BCUT2D eigenvalue weighted by molar-refractivity contribution is -0.870. The molecule has 0 heterocycles. The van der Waals surface area contributed by atoms with Crippen LogP contribution in [0.1, 0.15) is 200 Å². The van der Waals surface area contributed by atoms with E-state index in [-0.39, 0.29) is 25.8 Å². The number of phosphoric ester groups is 1. The van der Waals surface area contributed by atoms with Crippen LogP contribution in [0.5, 0.6) is 0 Å². The van der Waals surface area contributed by atoms with E-state index in [1.165, 1.54) is 148 Å². The summed E-state index contributed by atoms with van der Waals surface area (Å²) in [6, 6.07) is 0. The second-order valence-corrected chi connectivity index (χ2v) is 17.5. The highest BCUT2D eigenvalue weighted by atomic mass is 31.2. The van der Waals surface area contributed by atoms with Crippen LogP contribution in [0, 0.1) is 0 Å². The Bertz CT molecular complexity index is 848. The first kappa shape index (κ1) is 51.2. The van der Waals surface area contributed by atoms with Crippen LogP contribution in [0.25, 0.3) is 0 Å². The van der Waals surface area contributed by atoms with Gasteiger partial charge in [-0.25, -0.2) is 4.57 Å². The van der Waals surface area contributed by atoms with E-state index < -0.39 is 13.9 Å². The first-order valence-corrected chi connectivity index (χ1v) is 23.4. The highest BCUT2D eigenvalue weighted by Gasteiger charge is 2.26. The zero-order chi connectivity index (χ0) is 38.4. The number of quaternary nitrogens is 1. The number of hydrogen-bond donors (Lipinski definition) is 1. The van der Waals surface area contributed by atoms with Crippen LogP contribution in [0.15, 0.2) is 12.2 Å². The predicted octanol–water partition coefficient (Wildman–Crippen LogP) is 12.7. The Morgan fingerprint density at radius 2 is 1.00 bits per heavy atom. The molecular formula is C43H87NO7P+. The average molecular weight is 761 g/mol. The van der Waals surface area contributed by atoms with Crippen molar-refractivity contribution >= 4 is 13.8 Å². The minimum Gasteiger partial charge on any atom is -0.457 e. The zero-order valence-corrected chi connectivity index (χ0v) is 36.0. The molecule has 0 aliphatic heterocycles. The van der Waals surface area contributed by atoms with E-state index in [2.05, 4.69) is 26.0 Å². The maximum absolute atomic E-state index is 12.6. The van der Waals surface area contributed by atoms with Crippen molar-refractivity contribution in [2.45, 2.75) is 206 Å². The molecule has 0 rings (SSSR count). The molecule has 0 fully saturated rings. The van der Waals surface area contributed by atoms with E-state index in [1.807, 2.05) is 21.1 Å². The van der Waals surface area contributed by atoms with Gasteiger partial charge in [0.25, 0.3) is 0 Å². The Hall–Kier alpha value is -0.760. The van der Waals surface area contributed by atoms with Crippen molar-refractivity contribution in [2.75, 3.05) is 54.1 Å². The van der Waals surface area contributed by atoms with Crippen molar-refractivity contribution < 1.29 is 37.3 Å². The number of carbonyl (C=O) groups is 1. The molecule has 0 radical (unpaired) electrons. The van der Waals surface area contributed by atoms with Gasteiger partial charge in [-0.2, -0.15) is 0 Å². The van der Waals surface area contributed by atoms with Crippen LogP contribution >= 0.6 is 7.82 Å². The Morgan fingerprint density at radius 1 is 0.577 bits per heavy atom. The van der Waals surface area contributed by atoms with E-state index in [0.717, 1.165) is 32.1 Å². The number of rotatable bonds is 41. The van der Waals surface area contributed by atoms with Crippen LogP contribution in [0.4, 0.5) is 0 Å². The number of allylic oxidation sites excluding steroid dienone is 2. The molecule has 0 aliphatic carbocycles. The minimum absolute atomic E-state index is 0.0913. The number of unbranched alkanes of at least 4 members (excludes halogenated alkanes) is 25. The van der Waals surface area contributed by atoms with Gasteiger partial charge in [0.05, 0.1) is 34.4 Å². The molecular weight excluding hydrogens is 673 g/mol. The van der Waals surface area contributed by atoms with Crippen molar-refractivity contribution in [1.82, 2.24) is 0 Å². The Morgan fingerprint density at radius 3 is 1.46 bits per heavy atom. The predicted molar refractivity (Wildman–Crippen MR) is 220 cm³/mol. The second-order valence-electron chi connectivity index (χ2n) is 16.1. The highest BCUT2D eigenvalue weighted by molar-refractivity contribution is 7.47. The zero-order valence-electron chi connectivity index (χ0n) is 35.1. The van der Waals surface area contributed by atoms with Crippen LogP contribution in [-0.4, -0.2) is 75.6 Å². The van der Waals surface area contributed by atoms with Crippen LogP contribution < -0.4 is 0 Å². The molecule has 52 heavy (non-hydrogen) atoms. The first-order valence-electron chi connectivity index (χ1n) is 21.9. The first-order chi connectivity index (χ1) is 25.1. The fourth-order valence-corrected chi connectivity index (χ4v) is 6.88. The number of esters is 1. The standard InChI is InChI=1S/C43H86NO7P/c1-6-8-10-12-14-16-17-18-19-20-21-22-23-24-25-26-27-28-29-31-33-35-38-48-40-42(41-50-52(46,47)49-39-37-44(3,4)5)51-43(45)36-34-32-30-15-13-11-9-7-2/h20-21,42H,6-19,22-41H2,1-5H3/p+1/b21-20-. The molecule has 2 atom stereocenters. The molecule has 0 saturated heterocycles. The molecule has 9 heteroatoms. The van der Waals surface area contributed by atoms with Crippen molar-refractivity contribution in [3.8, 4) is 0 Å². The lowest BCUT2D eigenvalue weighted by Gasteiger charge is -2.24. The number of phosphoric acid groups is 1. The summed E-state index contributed by atoms with van der Waals surface area (Å²) < 4.78 is 34.9. The van der Waals surface area contributed by atoms with Crippen LogP contribution in [0.3, 0.4) is 0 Å². The Kier molecular flexibility index (Phi) is 36.6. The Labute approximate surface area is 322 Å². The summed E-state index contributed by atoms with van der Waals surface area (Å²) in [6.45, 7) is 5.62. The summed E-state index contributed by atoms with van der Waals surface area (Å²) in [7, 11) is 1.67. The van der Waals surface area contributed by atoms with Gasteiger partial charge >= 0.3 is 13.8 Å². The topological polar surface area (TPSA) is 91.3 Å². The SMILES string of the molecule is CCCCCCCCCC/C=C\CCCCCCCCCCCCOCC(COP(=O)(O)OCC[N+](C)(C)C)OC(=O)CCCCCCCCCC. The molecule has 0 aromatic rings. The molecule has 8 nitrogen and oxygen atoms in total. The largest absolute Gasteiger partial charge is 0.472 e. The molecule has 0 aromatic carbocycles. The monoisotopic (exact) mass is 761 g/mol. The number of nitrogens with zero attached hydrogens (tertiary/aromatic N) is 1. The summed E-state index contributed by atoms with van der Waals surface area (Å²) in [6.07, 6.45) is 39.7. The summed E-state index contributed by atoms with van der Waals surface area (Å²) >= 11 is 0. The van der Waals surface area contributed by atoms with E-state index in [1.54, 1.807) is 0 Å². The number of hydrogen-bond acceptors (Lipinski definition) is 6. The van der Waals surface area contributed by atoms with Gasteiger partial charge in [0, 0.05) is 13.0 Å². The molecule has 0 bridgehead atoms. The van der Waals surface area contributed by atoms with Crippen LogP contribution in [0.2, 0.25) is 0 Å². The number of ether oxygens (including phenoxy) is 2. The minimum atomic E-state index is -4.26. The van der Waals surface area contributed by atoms with Gasteiger partial charge in [-0.15, -0.1) is 0 Å². The second kappa shape index (κ2) is 37.2. The molecule has 310 valence electrons. The quantitative estimate of drug-likeness (QED) is 0.0218. The molecule has 0 saturated carbocycles. The van der Waals surface area contributed by atoms with Gasteiger partial charge in [0.15, 0.2) is 0 Å². The maximum Gasteiger partial charge on any atom is 0.472 e. The fraction of sp³-hybridized carbons (Fsp3) is 0.930. The van der Waals surface area contributed by atoms with Crippen molar-refractivity contribution in [1.29, 1.82) is 0 Å². The van der Waals surface area contributed by atoms with E-state index in [4.69, 9.17) is 18.5 Å². The highest BCUT2D eigenvalue weighted by Crippen LogP contribution is 2.43. The van der Waals surface area contributed by atoms with Crippen molar-refractivity contribution in [3.05, 3.63) is 12.2 Å². The van der Waals surface area contributed by atoms with Crippen LogP contribution in [-0.2, 0) is 27.9 Å². The Balaban J connectivity index is 4.04. The third-order valence-corrected chi connectivity index (χ3v) is 10.6. The summed E-state index contributed by atoms with van der Waals surface area (Å²) in [5, 5.41) is 0. The third kappa shape index (κ3) is 40.4. The van der Waals surface area contributed by atoms with Gasteiger partial charge in [0.1, 0.15) is 19.3 Å². The normalized spacial score (nSPS) is 13.9. The lowest BCUT2D eigenvalue weighted by Crippen LogP contribution is -2.37. The van der Waals surface area contributed by atoms with Gasteiger partial charge in [-0.1, -0.05) is 167 Å². The number of likely N-dealkylation sites (N-methyl/N-ethyl adjacent to an activating group) is 1. The number of carbonyl (C=O) groups excluding carboxylic acids is 1. The average Bonchev–Trinajstić information content (AvgIpc) is 3.09. The van der Waals surface area contributed by atoms with Gasteiger partial charge in [-0.05, 0) is 38.5 Å². The van der Waals surface area contributed by atoms with E-state index in [9.17, 15) is 14.3 Å². The summed E-state index contributed by atoms with van der Waals surface area (Å²) in [4.78, 5) is 22.7. The molecule has 0 aliphatic rings. The molecule has 1 N–H and O–H groups in total. The lowest BCUT2D eigenvalue weighted by atomic mass is 10.1. The van der Waals surface area contributed by atoms with E-state index >= 15 is 0 Å². The molecule has 2 unspecified atom stereocenters. The maximum atomic E-state index is 12.6. The third-order valence-electron chi connectivity index (χ3n) is 9.58. The summed E-state index contributed by atoms with van der Waals surface area (Å²) in [5.74, 6) is -0.317. The van der Waals surface area contributed by atoms with Crippen molar-refractivity contribution in [3.63, 3.8) is 0 Å². The van der Waals surface area contributed by atoms with Gasteiger partial charge in [0.2, 0.25) is 0 Å². The van der Waals surface area contributed by atoms with Gasteiger partial charge in [-0.3, -0.25) is 13.8 Å². The summed E-state index contributed by atoms with van der Waals surface area (Å²) in [5.41, 5.74) is 0. The molecule has 0 spiro atoms. The van der Waals surface area contributed by atoms with Crippen molar-refractivity contribution in [2.24, 2.45) is 0 Å². The van der Waals surface area contributed by atoms with E-state index in [0.29, 0.717) is 24.1 Å².